The average Bonchev–Trinajstić information content (AvgIpc) is 3.33. The molecule has 6 heteroatoms. The maximum absolute atomic E-state index is 12.4. The number of piperidine rings is 1. The van der Waals surface area contributed by atoms with Crippen LogP contribution in [0.25, 0.3) is 0 Å². The highest BCUT2D eigenvalue weighted by Gasteiger charge is 2.77. The summed E-state index contributed by atoms with van der Waals surface area (Å²) < 4.78 is 18.9. The smallest absolute Gasteiger partial charge is 0.207 e. The van der Waals surface area contributed by atoms with Crippen molar-refractivity contribution in [2.45, 2.75) is 68.5 Å². The van der Waals surface area contributed by atoms with Crippen molar-refractivity contribution in [2.75, 3.05) is 26.3 Å². The number of nitriles is 1. The van der Waals surface area contributed by atoms with Crippen LogP contribution in [0.4, 0.5) is 0 Å². The zero-order chi connectivity index (χ0) is 20.7. The van der Waals surface area contributed by atoms with Gasteiger partial charge in [0, 0.05) is 24.6 Å². The maximum atomic E-state index is 12.4. The van der Waals surface area contributed by atoms with Crippen LogP contribution in [0, 0.1) is 11.3 Å². The van der Waals surface area contributed by atoms with Gasteiger partial charge in [0.05, 0.1) is 29.8 Å². The van der Waals surface area contributed by atoms with E-state index in [1.165, 1.54) is 11.1 Å². The van der Waals surface area contributed by atoms with Crippen molar-refractivity contribution in [3.8, 4) is 11.8 Å². The van der Waals surface area contributed by atoms with E-state index < -0.39 is 22.9 Å². The summed E-state index contributed by atoms with van der Waals surface area (Å²) in [7, 11) is 0. The highest BCUT2D eigenvalue weighted by Crippen LogP contribution is 2.67. The molecule has 3 heterocycles. The summed E-state index contributed by atoms with van der Waals surface area (Å²) in [6, 6.07) is 6.25. The normalized spacial score (nSPS) is 37.4. The molecular formula is C24H28N2O4. The van der Waals surface area contributed by atoms with Crippen molar-refractivity contribution in [2.24, 2.45) is 0 Å². The molecule has 5 aliphatic rings. The Labute approximate surface area is 177 Å². The topological polar surface area (TPSA) is 75.0 Å². The third-order valence-corrected chi connectivity index (χ3v) is 8.23. The number of likely N-dealkylation sites (tertiary alicyclic amines) is 1. The molecule has 4 atom stereocenters. The molecule has 1 saturated carbocycles. The van der Waals surface area contributed by atoms with Crippen molar-refractivity contribution in [3.63, 3.8) is 0 Å². The number of ether oxygens (including phenoxy) is 3. The zero-order valence-electron chi connectivity index (χ0n) is 17.6. The van der Waals surface area contributed by atoms with E-state index in [0.29, 0.717) is 37.4 Å². The summed E-state index contributed by atoms with van der Waals surface area (Å²) in [5.41, 5.74) is 2.54. The number of nitrogens with zero attached hydrogens (tertiary/aromatic N) is 2. The second-order valence-corrected chi connectivity index (χ2v) is 9.74. The quantitative estimate of drug-likeness (QED) is 0.758. The molecule has 0 aromatic heterocycles. The lowest BCUT2D eigenvalue weighted by Crippen LogP contribution is -2.79. The van der Waals surface area contributed by atoms with Gasteiger partial charge in [-0.15, -0.1) is 0 Å². The molecule has 158 valence electrons. The molecule has 0 amide bonds. The van der Waals surface area contributed by atoms with Gasteiger partial charge in [0.15, 0.2) is 6.10 Å². The number of hydrogen-bond donors (Lipinski definition) is 1. The van der Waals surface area contributed by atoms with Crippen molar-refractivity contribution < 1.29 is 19.3 Å². The van der Waals surface area contributed by atoms with E-state index in [4.69, 9.17) is 14.2 Å². The van der Waals surface area contributed by atoms with Crippen LogP contribution in [-0.2, 0) is 21.3 Å². The van der Waals surface area contributed by atoms with E-state index in [0.717, 1.165) is 31.5 Å². The summed E-state index contributed by atoms with van der Waals surface area (Å²) >= 11 is 0. The van der Waals surface area contributed by atoms with Crippen LogP contribution < -0.4 is 4.74 Å². The van der Waals surface area contributed by atoms with Gasteiger partial charge in [-0.2, -0.15) is 5.26 Å². The Morgan fingerprint density at radius 1 is 1.27 bits per heavy atom. The molecule has 0 radical (unpaired) electrons. The van der Waals surface area contributed by atoms with E-state index in [1.807, 2.05) is 6.07 Å². The molecule has 30 heavy (non-hydrogen) atoms. The Morgan fingerprint density at radius 3 is 2.80 bits per heavy atom. The Morgan fingerprint density at radius 2 is 2.07 bits per heavy atom. The Kier molecular flexibility index (Phi) is 3.81. The molecular weight excluding hydrogens is 380 g/mol. The van der Waals surface area contributed by atoms with Crippen LogP contribution in [0.1, 0.15) is 49.8 Å². The predicted molar refractivity (Wildman–Crippen MR) is 109 cm³/mol. The van der Waals surface area contributed by atoms with E-state index in [-0.39, 0.29) is 6.04 Å². The highest BCUT2D eigenvalue weighted by atomic mass is 16.8. The highest BCUT2D eigenvalue weighted by molar-refractivity contribution is 5.63. The molecule has 1 aromatic carbocycles. The van der Waals surface area contributed by atoms with E-state index in [1.54, 1.807) is 0 Å². The van der Waals surface area contributed by atoms with E-state index in [2.05, 4.69) is 37.0 Å². The van der Waals surface area contributed by atoms with Gasteiger partial charge in [-0.25, -0.2) is 0 Å². The third-order valence-electron chi connectivity index (χ3n) is 8.23. The minimum absolute atomic E-state index is 0.0121. The van der Waals surface area contributed by atoms with Crippen molar-refractivity contribution >= 4 is 0 Å². The number of hydrogen-bond acceptors (Lipinski definition) is 6. The SMILES string of the molecule is CC(C)=CCN1CC[C@@]23c4c5ccc(C#N)c4OC2C2(CCC3(O)[C@@H]1C5)OCCO2. The lowest BCUT2D eigenvalue weighted by molar-refractivity contribution is -0.296. The fourth-order valence-corrected chi connectivity index (χ4v) is 6.98. The van der Waals surface area contributed by atoms with Crippen LogP contribution in [0.5, 0.6) is 5.75 Å². The number of benzene rings is 1. The van der Waals surface area contributed by atoms with Crippen LogP contribution >= 0.6 is 0 Å². The first-order valence-electron chi connectivity index (χ1n) is 11.1. The first kappa shape index (κ1) is 18.8. The van der Waals surface area contributed by atoms with Crippen molar-refractivity contribution in [3.05, 3.63) is 40.5 Å². The number of fused-ring (bicyclic) bond motifs is 1. The molecule has 3 aliphatic heterocycles. The zero-order valence-corrected chi connectivity index (χ0v) is 17.6. The van der Waals surface area contributed by atoms with Gasteiger partial charge in [-0.3, -0.25) is 4.90 Å². The van der Waals surface area contributed by atoms with Gasteiger partial charge in [-0.05, 0) is 51.3 Å². The summed E-state index contributed by atoms with van der Waals surface area (Å²) in [6.45, 7) is 7.03. The van der Waals surface area contributed by atoms with Gasteiger partial charge in [0.25, 0.3) is 0 Å². The molecule has 1 N–H and O–H groups in total. The fourth-order valence-electron chi connectivity index (χ4n) is 6.98. The molecule has 2 saturated heterocycles. The van der Waals surface area contributed by atoms with Gasteiger partial charge < -0.3 is 19.3 Å². The molecule has 2 aliphatic carbocycles. The number of rotatable bonds is 2. The second kappa shape index (κ2) is 6.08. The van der Waals surface area contributed by atoms with Gasteiger partial charge >= 0.3 is 0 Å². The first-order valence-corrected chi connectivity index (χ1v) is 11.1. The lowest BCUT2D eigenvalue weighted by atomic mass is 9.48. The molecule has 2 bridgehead atoms. The summed E-state index contributed by atoms with van der Waals surface area (Å²) in [6.07, 6.45) is 4.57. The standard InChI is InChI=1S/C24H28N2O4/c1-15(2)5-9-26-10-8-22-19-16-3-4-17(14-25)20(19)30-21(22)24(28-11-12-29-24)7-6-23(22,27)18(26)13-16/h3-5,18,21,27H,6-13H2,1-2H3/t18-,21?,22+,23?/m0/s1. The van der Waals surface area contributed by atoms with Crippen molar-refractivity contribution in [1.82, 2.24) is 4.90 Å². The molecule has 3 fully saturated rings. The van der Waals surface area contributed by atoms with Gasteiger partial charge in [0.2, 0.25) is 5.79 Å². The molecule has 1 aromatic rings. The Hall–Kier alpha value is -1.91. The number of aliphatic hydroxyl groups is 1. The van der Waals surface area contributed by atoms with Crippen LogP contribution in [0.2, 0.25) is 0 Å². The minimum atomic E-state index is -0.932. The van der Waals surface area contributed by atoms with E-state index >= 15 is 0 Å². The predicted octanol–water partition coefficient (Wildman–Crippen LogP) is 2.42. The Balaban J connectivity index is 1.56. The third kappa shape index (κ3) is 2.07. The summed E-state index contributed by atoms with van der Waals surface area (Å²) in [5.74, 6) is -0.186. The van der Waals surface area contributed by atoms with Crippen LogP contribution in [0.15, 0.2) is 23.8 Å². The minimum Gasteiger partial charge on any atom is -0.482 e. The first-order chi connectivity index (χ1) is 14.5. The summed E-state index contributed by atoms with van der Waals surface area (Å²) in [5, 5.41) is 22.2. The average molecular weight is 408 g/mol. The van der Waals surface area contributed by atoms with Gasteiger partial charge in [0.1, 0.15) is 11.8 Å². The number of allylic oxidation sites excluding steroid dienone is 1. The molecule has 2 unspecified atom stereocenters. The van der Waals surface area contributed by atoms with Crippen molar-refractivity contribution in [1.29, 1.82) is 5.26 Å². The fraction of sp³-hybridized carbons (Fsp3) is 0.625. The molecule has 6 nitrogen and oxygen atoms in total. The largest absolute Gasteiger partial charge is 0.482 e. The lowest BCUT2D eigenvalue weighted by Gasteiger charge is -2.65. The van der Waals surface area contributed by atoms with Crippen LogP contribution in [0.3, 0.4) is 0 Å². The molecule has 2 spiro atoms. The summed E-state index contributed by atoms with van der Waals surface area (Å²) in [4.78, 5) is 2.43. The van der Waals surface area contributed by atoms with Crippen LogP contribution in [-0.4, -0.2) is 59.8 Å². The second-order valence-electron chi connectivity index (χ2n) is 9.74. The van der Waals surface area contributed by atoms with E-state index in [9.17, 15) is 10.4 Å². The monoisotopic (exact) mass is 408 g/mol. The maximum Gasteiger partial charge on any atom is 0.207 e. The Bertz CT molecular complexity index is 988. The van der Waals surface area contributed by atoms with Gasteiger partial charge in [-0.1, -0.05) is 17.7 Å². The molecule has 6 rings (SSSR count).